The van der Waals surface area contributed by atoms with Gasteiger partial charge in [0.15, 0.2) is 0 Å². The summed E-state index contributed by atoms with van der Waals surface area (Å²) < 4.78 is 0. The van der Waals surface area contributed by atoms with Gasteiger partial charge in [-0.05, 0) is 42.0 Å². The standard InChI is InChI=1S/C27H33N/c1-3-5-6-7-8-9-10-23-13-17-25(18-14-23)27-20-19-26(21-28-27)24-15-11-22(4-2)12-16-24/h11-21H,3-10H2,1-2H3. The van der Waals surface area contributed by atoms with E-state index in [0.29, 0.717) is 0 Å². The number of aryl methyl sites for hydroxylation is 2. The second kappa shape index (κ2) is 10.8. The molecule has 0 fully saturated rings. The Balaban J connectivity index is 1.56. The maximum atomic E-state index is 4.70. The van der Waals surface area contributed by atoms with Crippen LogP contribution in [0.15, 0.2) is 66.9 Å². The molecule has 0 saturated carbocycles. The zero-order valence-corrected chi connectivity index (χ0v) is 17.5. The third kappa shape index (κ3) is 5.79. The van der Waals surface area contributed by atoms with Crippen molar-refractivity contribution in [3.63, 3.8) is 0 Å². The van der Waals surface area contributed by atoms with Crippen LogP contribution in [0.2, 0.25) is 0 Å². The SMILES string of the molecule is CCCCCCCCc1ccc(-c2ccc(-c3ccc(CC)cc3)cn2)cc1. The fourth-order valence-corrected chi connectivity index (χ4v) is 3.62. The van der Waals surface area contributed by atoms with Gasteiger partial charge in [-0.3, -0.25) is 4.98 Å². The first-order valence-corrected chi connectivity index (χ1v) is 10.9. The van der Waals surface area contributed by atoms with Gasteiger partial charge < -0.3 is 0 Å². The Hall–Kier alpha value is -2.41. The van der Waals surface area contributed by atoms with Gasteiger partial charge in [0.1, 0.15) is 0 Å². The monoisotopic (exact) mass is 371 g/mol. The molecule has 1 nitrogen and oxygen atoms in total. The summed E-state index contributed by atoms with van der Waals surface area (Å²) in [5.74, 6) is 0. The molecule has 1 heterocycles. The summed E-state index contributed by atoms with van der Waals surface area (Å²) in [5, 5.41) is 0. The first-order chi connectivity index (χ1) is 13.8. The average Bonchev–Trinajstić information content (AvgIpc) is 2.77. The Morgan fingerprint density at radius 3 is 1.82 bits per heavy atom. The molecule has 0 aliphatic rings. The Bertz CT molecular complexity index is 814. The third-order valence-corrected chi connectivity index (χ3v) is 5.53. The molecular weight excluding hydrogens is 338 g/mol. The largest absolute Gasteiger partial charge is 0.256 e. The number of aromatic nitrogens is 1. The Morgan fingerprint density at radius 2 is 1.18 bits per heavy atom. The molecule has 0 amide bonds. The molecule has 0 unspecified atom stereocenters. The van der Waals surface area contributed by atoms with Crippen LogP contribution in [0.25, 0.3) is 22.4 Å². The lowest BCUT2D eigenvalue weighted by Gasteiger charge is -2.07. The van der Waals surface area contributed by atoms with E-state index < -0.39 is 0 Å². The van der Waals surface area contributed by atoms with Gasteiger partial charge in [-0.2, -0.15) is 0 Å². The van der Waals surface area contributed by atoms with E-state index in [0.717, 1.165) is 12.1 Å². The Kier molecular flexibility index (Phi) is 7.84. The van der Waals surface area contributed by atoms with E-state index in [-0.39, 0.29) is 0 Å². The fraction of sp³-hybridized carbons (Fsp3) is 0.370. The summed E-state index contributed by atoms with van der Waals surface area (Å²) in [7, 11) is 0. The minimum Gasteiger partial charge on any atom is -0.256 e. The lowest BCUT2D eigenvalue weighted by molar-refractivity contribution is 0.607. The smallest absolute Gasteiger partial charge is 0.0702 e. The highest BCUT2D eigenvalue weighted by Crippen LogP contribution is 2.23. The van der Waals surface area contributed by atoms with Gasteiger partial charge in [-0.1, -0.05) is 101 Å². The van der Waals surface area contributed by atoms with Crippen LogP contribution in [-0.2, 0) is 12.8 Å². The molecule has 0 spiro atoms. The van der Waals surface area contributed by atoms with Crippen LogP contribution in [0.1, 0.15) is 63.5 Å². The maximum Gasteiger partial charge on any atom is 0.0702 e. The van der Waals surface area contributed by atoms with Crippen molar-refractivity contribution in [2.45, 2.75) is 65.2 Å². The second-order valence-electron chi connectivity index (χ2n) is 7.70. The molecular formula is C27H33N. The zero-order chi connectivity index (χ0) is 19.6. The van der Waals surface area contributed by atoms with Gasteiger partial charge in [-0.25, -0.2) is 0 Å². The van der Waals surface area contributed by atoms with Crippen LogP contribution in [0.4, 0.5) is 0 Å². The van der Waals surface area contributed by atoms with Crippen LogP contribution in [0.3, 0.4) is 0 Å². The van der Waals surface area contributed by atoms with Crippen molar-refractivity contribution < 1.29 is 0 Å². The van der Waals surface area contributed by atoms with Crippen molar-refractivity contribution in [3.8, 4) is 22.4 Å². The molecule has 0 aliphatic carbocycles. The molecule has 1 heteroatoms. The number of benzene rings is 2. The summed E-state index contributed by atoms with van der Waals surface area (Å²) >= 11 is 0. The molecule has 0 atom stereocenters. The van der Waals surface area contributed by atoms with Crippen LogP contribution in [0.5, 0.6) is 0 Å². The first-order valence-electron chi connectivity index (χ1n) is 10.9. The predicted octanol–water partition coefficient (Wildman–Crippen LogP) is 7.88. The Labute approximate surface area is 170 Å². The molecule has 3 rings (SSSR count). The summed E-state index contributed by atoms with van der Waals surface area (Å²) in [4.78, 5) is 4.70. The van der Waals surface area contributed by atoms with Gasteiger partial charge in [0.05, 0.1) is 5.69 Å². The summed E-state index contributed by atoms with van der Waals surface area (Å²) in [6, 6.07) is 22.0. The van der Waals surface area contributed by atoms with Crippen LogP contribution in [0, 0.1) is 0 Å². The van der Waals surface area contributed by atoms with Crippen LogP contribution < -0.4 is 0 Å². The molecule has 0 saturated heterocycles. The molecule has 1 aromatic heterocycles. The number of nitrogens with zero attached hydrogens (tertiary/aromatic N) is 1. The van der Waals surface area contributed by atoms with Crippen molar-refractivity contribution in [1.82, 2.24) is 4.98 Å². The van der Waals surface area contributed by atoms with E-state index in [1.54, 1.807) is 0 Å². The van der Waals surface area contributed by atoms with Gasteiger partial charge >= 0.3 is 0 Å². The van der Waals surface area contributed by atoms with Crippen molar-refractivity contribution >= 4 is 0 Å². The van der Waals surface area contributed by atoms with Crippen molar-refractivity contribution in [3.05, 3.63) is 78.0 Å². The first kappa shape index (κ1) is 20.3. The van der Waals surface area contributed by atoms with E-state index in [1.807, 2.05) is 6.20 Å². The van der Waals surface area contributed by atoms with Crippen LogP contribution >= 0.6 is 0 Å². The van der Waals surface area contributed by atoms with E-state index in [4.69, 9.17) is 4.98 Å². The van der Waals surface area contributed by atoms with E-state index in [1.165, 1.54) is 72.8 Å². The lowest BCUT2D eigenvalue weighted by Crippen LogP contribution is -1.89. The highest BCUT2D eigenvalue weighted by molar-refractivity contribution is 5.67. The quantitative estimate of drug-likeness (QED) is 0.330. The van der Waals surface area contributed by atoms with E-state index >= 15 is 0 Å². The molecule has 146 valence electrons. The number of unbranched alkanes of at least 4 members (excludes halogenated alkanes) is 5. The van der Waals surface area contributed by atoms with Crippen molar-refractivity contribution in [2.75, 3.05) is 0 Å². The molecule has 0 radical (unpaired) electrons. The highest BCUT2D eigenvalue weighted by atomic mass is 14.7. The third-order valence-electron chi connectivity index (χ3n) is 5.53. The number of rotatable bonds is 10. The number of hydrogen-bond donors (Lipinski definition) is 0. The van der Waals surface area contributed by atoms with E-state index in [9.17, 15) is 0 Å². The topological polar surface area (TPSA) is 12.9 Å². The average molecular weight is 372 g/mol. The number of pyridine rings is 1. The minimum absolute atomic E-state index is 1.04. The van der Waals surface area contributed by atoms with Gasteiger partial charge in [0.2, 0.25) is 0 Å². The van der Waals surface area contributed by atoms with Gasteiger partial charge in [-0.15, -0.1) is 0 Å². The fourth-order valence-electron chi connectivity index (χ4n) is 3.62. The molecule has 28 heavy (non-hydrogen) atoms. The van der Waals surface area contributed by atoms with Gasteiger partial charge in [0.25, 0.3) is 0 Å². The molecule has 0 N–H and O–H groups in total. The summed E-state index contributed by atoms with van der Waals surface area (Å²) in [6.45, 7) is 4.46. The maximum absolute atomic E-state index is 4.70. The molecule has 2 aromatic carbocycles. The molecule has 3 aromatic rings. The van der Waals surface area contributed by atoms with Gasteiger partial charge in [0, 0.05) is 17.3 Å². The molecule has 0 bridgehead atoms. The highest BCUT2D eigenvalue weighted by Gasteiger charge is 2.03. The zero-order valence-electron chi connectivity index (χ0n) is 17.5. The normalized spacial score (nSPS) is 10.9. The van der Waals surface area contributed by atoms with Crippen molar-refractivity contribution in [1.29, 1.82) is 0 Å². The number of hydrogen-bond acceptors (Lipinski definition) is 1. The second-order valence-corrected chi connectivity index (χ2v) is 7.70. The summed E-state index contributed by atoms with van der Waals surface area (Å²) in [5.41, 5.74) is 7.44. The lowest BCUT2D eigenvalue weighted by atomic mass is 10.0. The summed E-state index contributed by atoms with van der Waals surface area (Å²) in [6.07, 6.45) is 12.4. The van der Waals surface area contributed by atoms with Crippen molar-refractivity contribution in [2.24, 2.45) is 0 Å². The minimum atomic E-state index is 1.04. The predicted molar refractivity (Wildman–Crippen MR) is 122 cm³/mol. The molecule has 0 aliphatic heterocycles. The Morgan fingerprint density at radius 1 is 0.571 bits per heavy atom. The van der Waals surface area contributed by atoms with Crippen LogP contribution in [-0.4, -0.2) is 4.98 Å². The van der Waals surface area contributed by atoms with E-state index in [2.05, 4.69) is 74.5 Å².